The average molecular weight is 397 g/mol. The molecule has 0 fully saturated rings. The average Bonchev–Trinajstić information content (AvgIpc) is 2.69. The maximum atomic E-state index is 11.6. The number of carbonyl (C=O) groups excluding carboxylic acids is 2. The number of Topliss-reactive ketones (excluding diaryl/α,β-unsaturated/α-hetero) is 1. The number of hydrogen-bond donors (Lipinski definition) is 1. The van der Waals surface area contributed by atoms with Crippen LogP contribution in [0, 0.1) is 0 Å². The summed E-state index contributed by atoms with van der Waals surface area (Å²) in [5.41, 5.74) is 0.0698. The van der Waals surface area contributed by atoms with Crippen molar-refractivity contribution in [3.8, 4) is 0 Å². The van der Waals surface area contributed by atoms with Crippen molar-refractivity contribution in [2.24, 2.45) is 0 Å². The van der Waals surface area contributed by atoms with Crippen molar-refractivity contribution < 1.29 is 19.4 Å². The van der Waals surface area contributed by atoms with Gasteiger partial charge in [-0.25, -0.2) is 4.79 Å². The maximum Gasteiger partial charge on any atom is 0.336 e. The van der Waals surface area contributed by atoms with Crippen molar-refractivity contribution in [1.29, 1.82) is 0 Å². The molecule has 0 aliphatic carbocycles. The first-order chi connectivity index (χ1) is 13.5. The Bertz CT molecular complexity index is 428. The molecule has 0 heterocycles. The van der Waals surface area contributed by atoms with Crippen LogP contribution >= 0.6 is 0 Å². The molecule has 164 valence electrons. The number of aliphatic hydroxyl groups is 1. The molecule has 4 heteroatoms. The highest BCUT2D eigenvalue weighted by Gasteiger charge is 2.22. The van der Waals surface area contributed by atoms with Crippen LogP contribution in [0.2, 0.25) is 0 Å². The predicted molar refractivity (Wildman–Crippen MR) is 116 cm³/mol. The Morgan fingerprint density at radius 1 is 0.786 bits per heavy atom. The lowest BCUT2D eigenvalue weighted by Crippen LogP contribution is -2.25. The van der Waals surface area contributed by atoms with Crippen molar-refractivity contribution in [3.63, 3.8) is 0 Å². The minimum atomic E-state index is -1.37. The molecule has 0 aromatic carbocycles. The lowest BCUT2D eigenvalue weighted by Gasteiger charge is -2.10. The lowest BCUT2D eigenvalue weighted by atomic mass is 10.0. The molecule has 0 aliphatic heterocycles. The standard InChI is InChI=1S/C24H44O4/c1-4-5-6-7-8-9-10-11-12-13-14-15-16-17-18-19-20-22(24(27)28-3)23(26)21(2)25/h20,23,26H,4-19H2,1-3H3/b22-20+. The van der Waals surface area contributed by atoms with Gasteiger partial charge in [0.15, 0.2) is 5.78 Å². The van der Waals surface area contributed by atoms with Crippen LogP contribution in [0.5, 0.6) is 0 Å². The van der Waals surface area contributed by atoms with Crippen LogP contribution in [0.15, 0.2) is 11.6 Å². The first kappa shape index (κ1) is 26.8. The topological polar surface area (TPSA) is 63.6 Å². The van der Waals surface area contributed by atoms with E-state index in [1.54, 1.807) is 6.08 Å². The van der Waals surface area contributed by atoms with E-state index in [1.807, 2.05) is 0 Å². The third-order valence-electron chi connectivity index (χ3n) is 5.27. The molecule has 0 radical (unpaired) electrons. The second-order valence-corrected chi connectivity index (χ2v) is 7.90. The molecule has 0 aromatic rings. The minimum absolute atomic E-state index is 0.0698. The smallest absolute Gasteiger partial charge is 0.336 e. The van der Waals surface area contributed by atoms with Crippen molar-refractivity contribution in [3.05, 3.63) is 11.6 Å². The fraction of sp³-hybridized carbons (Fsp3) is 0.833. The van der Waals surface area contributed by atoms with E-state index in [2.05, 4.69) is 11.7 Å². The van der Waals surface area contributed by atoms with E-state index in [0.717, 1.165) is 12.8 Å². The van der Waals surface area contributed by atoms with Gasteiger partial charge >= 0.3 is 5.97 Å². The van der Waals surface area contributed by atoms with Gasteiger partial charge in [-0.3, -0.25) is 4.79 Å². The SMILES string of the molecule is CCCCCCCCCCCCCCCCC/C=C(/C(=O)OC)C(O)C(C)=O. The summed E-state index contributed by atoms with van der Waals surface area (Å²) in [6.07, 6.45) is 20.7. The van der Waals surface area contributed by atoms with Gasteiger partial charge < -0.3 is 9.84 Å². The Hall–Kier alpha value is -1.16. The van der Waals surface area contributed by atoms with Crippen molar-refractivity contribution in [1.82, 2.24) is 0 Å². The number of unbranched alkanes of at least 4 members (excludes halogenated alkanes) is 15. The highest BCUT2D eigenvalue weighted by Crippen LogP contribution is 2.15. The quantitative estimate of drug-likeness (QED) is 0.158. The second-order valence-electron chi connectivity index (χ2n) is 7.90. The van der Waals surface area contributed by atoms with Crippen LogP contribution in [-0.2, 0) is 14.3 Å². The number of esters is 1. The third-order valence-corrected chi connectivity index (χ3v) is 5.27. The van der Waals surface area contributed by atoms with Crippen LogP contribution in [0.1, 0.15) is 117 Å². The molecular formula is C24H44O4. The number of allylic oxidation sites excluding steroid dienone is 1. The summed E-state index contributed by atoms with van der Waals surface area (Å²) in [6, 6.07) is 0. The minimum Gasteiger partial charge on any atom is -0.466 e. The molecule has 0 amide bonds. The van der Waals surface area contributed by atoms with E-state index in [4.69, 9.17) is 0 Å². The fourth-order valence-electron chi connectivity index (χ4n) is 3.42. The lowest BCUT2D eigenvalue weighted by molar-refractivity contribution is -0.139. The Balaban J connectivity index is 3.58. The van der Waals surface area contributed by atoms with Crippen LogP contribution < -0.4 is 0 Å². The van der Waals surface area contributed by atoms with Crippen LogP contribution in [0.3, 0.4) is 0 Å². The summed E-state index contributed by atoms with van der Waals surface area (Å²) in [5, 5.41) is 9.79. The summed E-state index contributed by atoms with van der Waals surface area (Å²) in [5.74, 6) is -1.06. The van der Waals surface area contributed by atoms with E-state index in [9.17, 15) is 14.7 Å². The number of hydrogen-bond acceptors (Lipinski definition) is 4. The van der Waals surface area contributed by atoms with Gasteiger partial charge in [-0.1, -0.05) is 103 Å². The van der Waals surface area contributed by atoms with Gasteiger partial charge in [-0.2, -0.15) is 0 Å². The highest BCUT2D eigenvalue weighted by molar-refractivity contribution is 5.98. The molecule has 1 N–H and O–H groups in total. The maximum absolute atomic E-state index is 11.6. The molecule has 0 bridgehead atoms. The van der Waals surface area contributed by atoms with Gasteiger partial charge in [0.2, 0.25) is 0 Å². The Labute approximate surface area is 173 Å². The van der Waals surface area contributed by atoms with E-state index in [1.165, 1.54) is 97.5 Å². The van der Waals surface area contributed by atoms with E-state index < -0.39 is 17.9 Å². The number of ketones is 1. The van der Waals surface area contributed by atoms with Crippen LogP contribution in [0.25, 0.3) is 0 Å². The first-order valence-corrected chi connectivity index (χ1v) is 11.5. The molecule has 0 rings (SSSR count). The molecule has 1 unspecified atom stereocenters. The molecule has 0 aliphatic rings. The molecule has 28 heavy (non-hydrogen) atoms. The van der Waals surface area contributed by atoms with Gasteiger partial charge in [0.25, 0.3) is 0 Å². The van der Waals surface area contributed by atoms with Gasteiger partial charge in [0, 0.05) is 0 Å². The van der Waals surface area contributed by atoms with E-state index >= 15 is 0 Å². The zero-order valence-corrected chi connectivity index (χ0v) is 18.6. The van der Waals surface area contributed by atoms with Gasteiger partial charge in [0.05, 0.1) is 12.7 Å². The first-order valence-electron chi connectivity index (χ1n) is 11.5. The molecular weight excluding hydrogens is 352 g/mol. The Kier molecular flexibility index (Phi) is 18.4. The Morgan fingerprint density at radius 2 is 1.18 bits per heavy atom. The number of methoxy groups -OCH3 is 1. The molecule has 1 atom stereocenters. The fourth-order valence-corrected chi connectivity index (χ4v) is 3.42. The molecule has 0 saturated heterocycles. The summed E-state index contributed by atoms with van der Waals surface area (Å²) >= 11 is 0. The van der Waals surface area contributed by atoms with E-state index in [-0.39, 0.29) is 5.57 Å². The monoisotopic (exact) mass is 396 g/mol. The number of ether oxygens (including phenoxy) is 1. The molecule has 0 saturated carbocycles. The summed E-state index contributed by atoms with van der Waals surface area (Å²) in [7, 11) is 1.26. The van der Waals surface area contributed by atoms with Crippen LogP contribution in [-0.4, -0.2) is 30.1 Å². The Morgan fingerprint density at radius 3 is 1.54 bits per heavy atom. The number of aliphatic hydroxyl groups excluding tert-OH is 1. The van der Waals surface area contributed by atoms with Crippen molar-refractivity contribution in [2.45, 2.75) is 123 Å². The number of carbonyl (C=O) groups is 2. The van der Waals surface area contributed by atoms with Crippen LogP contribution in [0.4, 0.5) is 0 Å². The van der Waals surface area contributed by atoms with Gasteiger partial charge in [-0.05, 0) is 19.8 Å². The normalized spacial score (nSPS) is 12.8. The zero-order valence-electron chi connectivity index (χ0n) is 18.6. The summed E-state index contributed by atoms with van der Waals surface area (Å²) < 4.78 is 4.64. The van der Waals surface area contributed by atoms with Gasteiger partial charge in [-0.15, -0.1) is 0 Å². The van der Waals surface area contributed by atoms with E-state index in [0.29, 0.717) is 6.42 Å². The number of rotatable bonds is 19. The summed E-state index contributed by atoms with van der Waals surface area (Å²) in [6.45, 7) is 3.54. The second kappa shape index (κ2) is 19.2. The largest absolute Gasteiger partial charge is 0.466 e. The van der Waals surface area contributed by atoms with Gasteiger partial charge in [0.1, 0.15) is 6.10 Å². The summed E-state index contributed by atoms with van der Waals surface area (Å²) in [4.78, 5) is 22.9. The van der Waals surface area contributed by atoms with Crippen molar-refractivity contribution >= 4 is 11.8 Å². The highest BCUT2D eigenvalue weighted by atomic mass is 16.5. The van der Waals surface area contributed by atoms with Crippen molar-refractivity contribution in [2.75, 3.05) is 7.11 Å². The predicted octanol–water partition coefficient (Wildman–Crippen LogP) is 6.30. The molecule has 4 nitrogen and oxygen atoms in total. The molecule has 0 spiro atoms. The third kappa shape index (κ3) is 14.8. The zero-order chi connectivity index (χ0) is 21.0. The molecule has 0 aromatic heterocycles.